The van der Waals surface area contributed by atoms with Crippen molar-refractivity contribution in [2.45, 2.75) is 31.3 Å². The Morgan fingerprint density at radius 1 is 1.47 bits per heavy atom. The second-order valence-electron chi connectivity index (χ2n) is 4.23. The van der Waals surface area contributed by atoms with Crippen LogP contribution in [0.2, 0.25) is 0 Å². The third kappa shape index (κ3) is 4.80. The van der Waals surface area contributed by atoms with Crippen LogP contribution in [-0.2, 0) is 10.0 Å². The van der Waals surface area contributed by atoms with Crippen LogP contribution in [0.3, 0.4) is 0 Å². The number of sulfonamides is 1. The average Bonchev–Trinajstić information content (AvgIpc) is 2.27. The molecule has 96 valence electrons. The van der Waals surface area contributed by atoms with Crippen molar-refractivity contribution in [3.63, 3.8) is 0 Å². The van der Waals surface area contributed by atoms with Crippen LogP contribution in [0, 0.1) is 5.92 Å². The van der Waals surface area contributed by atoms with Crippen molar-refractivity contribution in [1.29, 1.82) is 0 Å². The first kappa shape index (κ1) is 14.1. The van der Waals surface area contributed by atoms with Gasteiger partial charge in [0.1, 0.15) is 4.90 Å². The fraction of sp³-hybridized carbons (Fsp3) is 0.545. The van der Waals surface area contributed by atoms with Gasteiger partial charge in [0, 0.05) is 18.9 Å². The van der Waals surface area contributed by atoms with E-state index in [4.69, 9.17) is 0 Å². The van der Waals surface area contributed by atoms with Gasteiger partial charge in [0.25, 0.3) is 0 Å². The molecule has 2 N–H and O–H groups in total. The molecule has 1 aromatic heterocycles. The molecular weight excluding hydrogens is 240 g/mol. The molecule has 0 saturated carbocycles. The molecule has 6 heteroatoms. The number of aliphatic hydroxyl groups excluding tert-OH is 1. The molecule has 17 heavy (non-hydrogen) atoms. The van der Waals surface area contributed by atoms with E-state index in [0.29, 0.717) is 13.0 Å². The van der Waals surface area contributed by atoms with Gasteiger partial charge in [-0.1, -0.05) is 6.92 Å². The van der Waals surface area contributed by atoms with Gasteiger partial charge in [-0.05, 0) is 31.4 Å². The summed E-state index contributed by atoms with van der Waals surface area (Å²) in [7, 11) is -3.49. The second kappa shape index (κ2) is 6.09. The molecule has 1 rings (SSSR count). The van der Waals surface area contributed by atoms with Gasteiger partial charge < -0.3 is 5.11 Å². The maximum atomic E-state index is 11.8. The lowest BCUT2D eigenvalue weighted by molar-refractivity contribution is 0.165. The summed E-state index contributed by atoms with van der Waals surface area (Å²) in [5.74, 6) is 0.0847. The molecule has 0 fully saturated rings. The molecule has 2 unspecified atom stereocenters. The molecule has 0 aliphatic carbocycles. The number of aromatic nitrogens is 1. The zero-order valence-corrected chi connectivity index (χ0v) is 10.8. The Balaban J connectivity index is 2.57. The molecule has 0 radical (unpaired) electrons. The molecule has 1 heterocycles. The van der Waals surface area contributed by atoms with E-state index in [0.717, 1.165) is 0 Å². The maximum Gasteiger partial charge on any atom is 0.242 e. The van der Waals surface area contributed by atoms with Crippen LogP contribution < -0.4 is 4.72 Å². The molecule has 0 aliphatic rings. The standard InChI is InChI=1S/C11H18N2O3S/c1-9(6-10(2)14)7-13-17(15,16)11-4-3-5-12-8-11/h3-5,8-10,13-14H,6-7H2,1-2H3. The summed E-state index contributed by atoms with van der Waals surface area (Å²) in [5, 5.41) is 9.18. The van der Waals surface area contributed by atoms with Crippen molar-refractivity contribution in [2.24, 2.45) is 5.92 Å². The van der Waals surface area contributed by atoms with E-state index < -0.39 is 16.1 Å². The Bertz CT molecular complexity index is 431. The van der Waals surface area contributed by atoms with E-state index in [2.05, 4.69) is 9.71 Å². The maximum absolute atomic E-state index is 11.8. The smallest absolute Gasteiger partial charge is 0.242 e. The first-order valence-corrected chi connectivity index (χ1v) is 6.98. The summed E-state index contributed by atoms with van der Waals surface area (Å²) >= 11 is 0. The summed E-state index contributed by atoms with van der Waals surface area (Å²) in [6.45, 7) is 3.88. The Kier molecular flexibility index (Phi) is 5.04. The van der Waals surface area contributed by atoms with E-state index in [-0.39, 0.29) is 10.8 Å². The van der Waals surface area contributed by atoms with Gasteiger partial charge in [0.2, 0.25) is 10.0 Å². The summed E-state index contributed by atoms with van der Waals surface area (Å²) in [6.07, 6.45) is 2.97. The number of aliphatic hydroxyl groups is 1. The topological polar surface area (TPSA) is 79.3 Å². The van der Waals surface area contributed by atoms with E-state index in [1.807, 2.05) is 6.92 Å². The average molecular weight is 258 g/mol. The number of nitrogens with zero attached hydrogens (tertiary/aromatic N) is 1. The monoisotopic (exact) mass is 258 g/mol. The van der Waals surface area contributed by atoms with Crippen molar-refractivity contribution >= 4 is 10.0 Å². The van der Waals surface area contributed by atoms with Gasteiger partial charge in [-0.25, -0.2) is 13.1 Å². The Labute approximate surface area is 102 Å². The fourth-order valence-corrected chi connectivity index (χ4v) is 2.63. The van der Waals surface area contributed by atoms with Crippen LogP contribution in [0.15, 0.2) is 29.4 Å². The van der Waals surface area contributed by atoms with Gasteiger partial charge in [-0.15, -0.1) is 0 Å². The summed E-state index contributed by atoms with van der Waals surface area (Å²) in [5.41, 5.74) is 0. The van der Waals surface area contributed by atoms with Crippen molar-refractivity contribution in [1.82, 2.24) is 9.71 Å². The van der Waals surface area contributed by atoms with Crippen LogP contribution in [0.1, 0.15) is 20.3 Å². The zero-order chi connectivity index (χ0) is 12.9. The highest BCUT2D eigenvalue weighted by atomic mass is 32.2. The number of hydrogen-bond acceptors (Lipinski definition) is 4. The number of nitrogens with one attached hydrogen (secondary N) is 1. The Morgan fingerprint density at radius 3 is 2.71 bits per heavy atom. The first-order chi connectivity index (χ1) is 7.92. The van der Waals surface area contributed by atoms with Gasteiger partial charge in [-0.3, -0.25) is 4.98 Å². The van der Waals surface area contributed by atoms with E-state index >= 15 is 0 Å². The van der Waals surface area contributed by atoms with Gasteiger partial charge >= 0.3 is 0 Å². The highest BCUT2D eigenvalue weighted by molar-refractivity contribution is 7.89. The minimum Gasteiger partial charge on any atom is -0.393 e. The van der Waals surface area contributed by atoms with Crippen LogP contribution in [0.25, 0.3) is 0 Å². The van der Waals surface area contributed by atoms with Crippen LogP contribution in [0.4, 0.5) is 0 Å². The number of hydrogen-bond donors (Lipinski definition) is 2. The number of rotatable bonds is 6. The Hall–Kier alpha value is -0.980. The van der Waals surface area contributed by atoms with E-state index in [1.165, 1.54) is 18.5 Å². The molecule has 1 aromatic rings. The van der Waals surface area contributed by atoms with Crippen molar-refractivity contribution < 1.29 is 13.5 Å². The van der Waals surface area contributed by atoms with Gasteiger partial charge in [0.05, 0.1) is 6.10 Å². The summed E-state index contributed by atoms with van der Waals surface area (Å²) in [4.78, 5) is 3.92. The molecule has 0 saturated heterocycles. The largest absolute Gasteiger partial charge is 0.393 e. The van der Waals surface area contributed by atoms with Crippen LogP contribution in [-0.4, -0.2) is 31.2 Å². The van der Waals surface area contributed by atoms with Crippen molar-refractivity contribution in [3.8, 4) is 0 Å². The van der Waals surface area contributed by atoms with Crippen molar-refractivity contribution in [3.05, 3.63) is 24.5 Å². The fourth-order valence-electron chi connectivity index (χ4n) is 1.51. The molecule has 0 aliphatic heterocycles. The highest BCUT2D eigenvalue weighted by Crippen LogP contribution is 2.08. The minimum atomic E-state index is -3.49. The van der Waals surface area contributed by atoms with Crippen LogP contribution >= 0.6 is 0 Å². The van der Waals surface area contributed by atoms with Gasteiger partial charge in [-0.2, -0.15) is 0 Å². The first-order valence-electron chi connectivity index (χ1n) is 5.49. The molecule has 0 aromatic carbocycles. The Morgan fingerprint density at radius 2 is 2.18 bits per heavy atom. The van der Waals surface area contributed by atoms with Crippen LogP contribution in [0.5, 0.6) is 0 Å². The third-order valence-electron chi connectivity index (χ3n) is 2.31. The summed E-state index contributed by atoms with van der Waals surface area (Å²) < 4.78 is 26.1. The quantitative estimate of drug-likeness (QED) is 0.790. The molecule has 0 bridgehead atoms. The van der Waals surface area contributed by atoms with E-state index in [9.17, 15) is 13.5 Å². The van der Waals surface area contributed by atoms with Gasteiger partial charge in [0.15, 0.2) is 0 Å². The van der Waals surface area contributed by atoms with Crippen molar-refractivity contribution in [2.75, 3.05) is 6.54 Å². The predicted molar refractivity (Wildman–Crippen MR) is 64.9 cm³/mol. The molecular formula is C11H18N2O3S. The molecule has 0 spiro atoms. The highest BCUT2D eigenvalue weighted by Gasteiger charge is 2.15. The number of pyridine rings is 1. The lowest BCUT2D eigenvalue weighted by atomic mass is 10.1. The van der Waals surface area contributed by atoms with E-state index in [1.54, 1.807) is 13.0 Å². The normalized spacial score (nSPS) is 15.5. The molecule has 2 atom stereocenters. The molecule has 0 amide bonds. The SMILES string of the molecule is CC(O)CC(C)CNS(=O)(=O)c1cccnc1. The predicted octanol–water partition coefficient (Wildman–Crippen LogP) is 0.767. The summed E-state index contributed by atoms with van der Waals surface area (Å²) in [6, 6.07) is 3.07. The lowest BCUT2D eigenvalue weighted by Gasteiger charge is -2.14. The zero-order valence-electron chi connectivity index (χ0n) is 10.00. The molecule has 5 nitrogen and oxygen atoms in total. The minimum absolute atomic E-state index is 0.0847. The second-order valence-corrected chi connectivity index (χ2v) is 6.00. The third-order valence-corrected chi connectivity index (χ3v) is 3.72. The lowest BCUT2D eigenvalue weighted by Crippen LogP contribution is -2.29.